The molecule has 0 saturated carbocycles. The highest BCUT2D eigenvalue weighted by atomic mass is 79.9. The van der Waals surface area contributed by atoms with Gasteiger partial charge in [0.2, 0.25) is 0 Å². The van der Waals surface area contributed by atoms with Gasteiger partial charge in [-0.3, -0.25) is 4.79 Å². The molecule has 1 fully saturated rings. The van der Waals surface area contributed by atoms with Crippen LogP contribution in [0.1, 0.15) is 27.4 Å². The molecule has 26 heavy (non-hydrogen) atoms. The molecule has 0 unspecified atom stereocenters. The van der Waals surface area contributed by atoms with Crippen LogP contribution in [0.25, 0.3) is 0 Å². The molecule has 0 aliphatic carbocycles. The third kappa shape index (κ3) is 3.33. The Labute approximate surface area is 161 Å². The van der Waals surface area contributed by atoms with E-state index in [9.17, 15) is 4.79 Å². The van der Waals surface area contributed by atoms with Crippen molar-refractivity contribution in [2.75, 3.05) is 37.7 Å². The van der Waals surface area contributed by atoms with Gasteiger partial charge in [0.15, 0.2) is 0 Å². The molecule has 4 rings (SSSR count). The summed E-state index contributed by atoms with van der Waals surface area (Å²) >= 11 is 3.49. The van der Waals surface area contributed by atoms with Gasteiger partial charge in [-0.2, -0.15) is 0 Å². The Morgan fingerprint density at radius 1 is 1.15 bits per heavy atom. The van der Waals surface area contributed by atoms with Crippen molar-refractivity contribution in [3.63, 3.8) is 0 Å². The van der Waals surface area contributed by atoms with E-state index < -0.39 is 0 Å². The first-order valence-corrected chi connectivity index (χ1v) is 9.65. The first-order chi connectivity index (χ1) is 12.6. The molecular weight excluding hydrogens is 396 g/mol. The number of morpholine rings is 1. The zero-order valence-electron chi connectivity index (χ0n) is 14.7. The van der Waals surface area contributed by atoms with Gasteiger partial charge in [-0.05, 0) is 35.0 Å². The molecule has 136 valence electrons. The number of amides is 1. The van der Waals surface area contributed by atoms with E-state index in [0.29, 0.717) is 31.9 Å². The van der Waals surface area contributed by atoms with Gasteiger partial charge in [0.25, 0.3) is 5.91 Å². The molecule has 1 aromatic heterocycles. The molecule has 0 N–H and O–H groups in total. The van der Waals surface area contributed by atoms with E-state index in [1.54, 1.807) is 0 Å². The molecule has 0 spiro atoms. The lowest BCUT2D eigenvalue weighted by atomic mass is 10.0. The van der Waals surface area contributed by atoms with E-state index in [2.05, 4.69) is 25.8 Å². The molecule has 0 radical (unpaired) electrons. The van der Waals surface area contributed by atoms with E-state index in [4.69, 9.17) is 9.72 Å². The predicted molar refractivity (Wildman–Crippen MR) is 102 cm³/mol. The number of nitrogens with zero attached hydrogens (tertiary/aromatic N) is 4. The van der Waals surface area contributed by atoms with Gasteiger partial charge in [-0.15, -0.1) is 0 Å². The predicted octanol–water partition coefficient (Wildman–Crippen LogP) is 2.58. The Kier molecular flexibility index (Phi) is 4.91. The Hall–Kier alpha value is -1.99. The average molecular weight is 417 g/mol. The van der Waals surface area contributed by atoms with Crippen LogP contribution in [0.2, 0.25) is 0 Å². The van der Waals surface area contributed by atoms with Gasteiger partial charge in [0.1, 0.15) is 11.6 Å². The first-order valence-electron chi connectivity index (χ1n) is 8.86. The Bertz CT molecular complexity index is 836. The van der Waals surface area contributed by atoms with Crippen LogP contribution in [-0.2, 0) is 17.7 Å². The fraction of sp³-hybridized carbons (Fsp3) is 0.421. The lowest BCUT2D eigenvalue weighted by Gasteiger charge is -2.34. The summed E-state index contributed by atoms with van der Waals surface area (Å²) in [6, 6.07) is 7.56. The standard InChI is InChI=1S/C19H21BrN4O2/c1-13-21-17-6-7-24(19(25)14-4-2-3-5-16(14)20)12-15(17)18(22-13)23-8-10-26-11-9-23/h2-5H,6-12H2,1H3. The van der Waals surface area contributed by atoms with Crippen LogP contribution in [0.4, 0.5) is 5.82 Å². The number of rotatable bonds is 2. The second-order valence-corrected chi connectivity index (χ2v) is 7.43. The Morgan fingerprint density at radius 3 is 2.69 bits per heavy atom. The van der Waals surface area contributed by atoms with E-state index in [-0.39, 0.29) is 5.91 Å². The van der Waals surface area contributed by atoms with Crippen molar-refractivity contribution < 1.29 is 9.53 Å². The molecule has 1 saturated heterocycles. The number of aromatic nitrogens is 2. The van der Waals surface area contributed by atoms with E-state index in [1.807, 2.05) is 36.1 Å². The van der Waals surface area contributed by atoms with Crippen molar-refractivity contribution in [1.29, 1.82) is 0 Å². The smallest absolute Gasteiger partial charge is 0.255 e. The molecule has 2 aliphatic rings. The maximum Gasteiger partial charge on any atom is 0.255 e. The van der Waals surface area contributed by atoms with Gasteiger partial charge in [0.05, 0.1) is 31.0 Å². The summed E-state index contributed by atoms with van der Waals surface area (Å²) in [6.07, 6.45) is 0.756. The number of fused-ring (bicyclic) bond motifs is 1. The number of carbonyl (C=O) groups excluding carboxylic acids is 1. The third-order valence-electron chi connectivity index (χ3n) is 4.85. The van der Waals surface area contributed by atoms with Crippen LogP contribution in [0.15, 0.2) is 28.7 Å². The molecule has 2 aromatic rings. The van der Waals surface area contributed by atoms with Gasteiger partial charge in [0, 0.05) is 36.1 Å². The minimum Gasteiger partial charge on any atom is -0.378 e. The van der Waals surface area contributed by atoms with Crippen molar-refractivity contribution in [2.24, 2.45) is 0 Å². The third-order valence-corrected chi connectivity index (χ3v) is 5.54. The number of carbonyl (C=O) groups is 1. The average Bonchev–Trinajstić information content (AvgIpc) is 2.67. The fourth-order valence-corrected chi connectivity index (χ4v) is 3.99. The lowest BCUT2D eigenvalue weighted by Crippen LogP contribution is -2.41. The van der Waals surface area contributed by atoms with Gasteiger partial charge in [-0.25, -0.2) is 9.97 Å². The summed E-state index contributed by atoms with van der Waals surface area (Å²) in [4.78, 5) is 26.5. The minimum atomic E-state index is 0.0385. The number of hydrogen-bond donors (Lipinski definition) is 0. The number of hydrogen-bond acceptors (Lipinski definition) is 5. The number of halogens is 1. The molecule has 3 heterocycles. The van der Waals surface area contributed by atoms with Crippen molar-refractivity contribution in [2.45, 2.75) is 19.9 Å². The maximum absolute atomic E-state index is 13.0. The number of anilines is 1. The van der Waals surface area contributed by atoms with E-state index >= 15 is 0 Å². The molecule has 7 heteroatoms. The number of aryl methyl sites for hydroxylation is 1. The SMILES string of the molecule is Cc1nc2c(c(N3CCOCC3)n1)CN(C(=O)c1ccccc1Br)CC2. The molecule has 0 bridgehead atoms. The zero-order chi connectivity index (χ0) is 18.1. The largest absolute Gasteiger partial charge is 0.378 e. The Balaban J connectivity index is 1.65. The molecule has 1 amide bonds. The van der Waals surface area contributed by atoms with Crippen molar-refractivity contribution in [3.05, 3.63) is 51.4 Å². The highest BCUT2D eigenvalue weighted by Gasteiger charge is 2.28. The highest BCUT2D eigenvalue weighted by molar-refractivity contribution is 9.10. The van der Waals surface area contributed by atoms with Gasteiger partial charge < -0.3 is 14.5 Å². The summed E-state index contributed by atoms with van der Waals surface area (Å²) < 4.78 is 6.29. The maximum atomic E-state index is 13.0. The number of ether oxygens (including phenoxy) is 1. The highest BCUT2D eigenvalue weighted by Crippen LogP contribution is 2.29. The van der Waals surface area contributed by atoms with Crippen LogP contribution < -0.4 is 4.90 Å². The fourth-order valence-electron chi connectivity index (χ4n) is 3.53. The van der Waals surface area contributed by atoms with Crippen molar-refractivity contribution in [3.8, 4) is 0 Å². The van der Waals surface area contributed by atoms with E-state index in [0.717, 1.165) is 46.9 Å². The first kappa shape index (κ1) is 17.4. The van der Waals surface area contributed by atoms with Crippen LogP contribution in [0, 0.1) is 6.92 Å². The topological polar surface area (TPSA) is 58.6 Å². The molecule has 2 aliphatic heterocycles. The second-order valence-electron chi connectivity index (χ2n) is 6.58. The quantitative estimate of drug-likeness (QED) is 0.752. The van der Waals surface area contributed by atoms with Crippen molar-refractivity contribution >= 4 is 27.7 Å². The lowest BCUT2D eigenvalue weighted by molar-refractivity contribution is 0.0732. The molecular formula is C19H21BrN4O2. The summed E-state index contributed by atoms with van der Waals surface area (Å²) in [6.45, 7) is 6.20. The van der Waals surface area contributed by atoms with Crippen LogP contribution in [0.5, 0.6) is 0 Å². The van der Waals surface area contributed by atoms with Gasteiger partial charge >= 0.3 is 0 Å². The Morgan fingerprint density at radius 2 is 1.92 bits per heavy atom. The van der Waals surface area contributed by atoms with Gasteiger partial charge in [-0.1, -0.05) is 12.1 Å². The normalized spacial score (nSPS) is 17.2. The van der Waals surface area contributed by atoms with Crippen molar-refractivity contribution in [1.82, 2.24) is 14.9 Å². The molecule has 0 atom stereocenters. The molecule has 1 aromatic carbocycles. The summed E-state index contributed by atoms with van der Waals surface area (Å²) in [7, 11) is 0. The summed E-state index contributed by atoms with van der Waals surface area (Å²) in [5.74, 6) is 1.79. The van der Waals surface area contributed by atoms with Crippen LogP contribution in [-0.4, -0.2) is 53.6 Å². The summed E-state index contributed by atoms with van der Waals surface area (Å²) in [5.41, 5.74) is 2.83. The minimum absolute atomic E-state index is 0.0385. The monoisotopic (exact) mass is 416 g/mol. The summed E-state index contributed by atoms with van der Waals surface area (Å²) in [5, 5.41) is 0. The zero-order valence-corrected chi connectivity index (χ0v) is 16.3. The number of benzene rings is 1. The van der Waals surface area contributed by atoms with E-state index in [1.165, 1.54) is 0 Å². The van der Waals surface area contributed by atoms with Crippen LogP contribution >= 0.6 is 15.9 Å². The molecule has 6 nitrogen and oxygen atoms in total. The second kappa shape index (κ2) is 7.32. The van der Waals surface area contributed by atoms with Crippen LogP contribution in [0.3, 0.4) is 0 Å².